The Morgan fingerprint density at radius 3 is 2.50 bits per heavy atom. The summed E-state index contributed by atoms with van der Waals surface area (Å²) in [6.07, 6.45) is 4.60. The molecule has 3 aromatic rings. The summed E-state index contributed by atoms with van der Waals surface area (Å²) in [6, 6.07) is 9.09. The first-order chi connectivity index (χ1) is 13.4. The summed E-state index contributed by atoms with van der Waals surface area (Å²) in [4.78, 5) is 28.7. The molecule has 28 heavy (non-hydrogen) atoms. The van der Waals surface area contributed by atoms with Gasteiger partial charge in [0, 0.05) is 26.7 Å². The minimum atomic E-state index is -0.352. The smallest absolute Gasteiger partial charge is 0.325 e. The average Bonchev–Trinajstić information content (AvgIpc) is 3.10. The molecule has 1 atom stereocenters. The van der Waals surface area contributed by atoms with E-state index in [-0.39, 0.29) is 11.2 Å². The highest BCUT2D eigenvalue weighted by Gasteiger charge is 2.13. The van der Waals surface area contributed by atoms with Gasteiger partial charge in [-0.3, -0.25) is 13.9 Å². The molecule has 7 heteroatoms. The summed E-state index contributed by atoms with van der Waals surface area (Å²) in [5.74, 6) is 0. The van der Waals surface area contributed by atoms with Gasteiger partial charge >= 0.3 is 5.69 Å². The van der Waals surface area contributed by atoms with Crippen molar-refractivity contribution in [2.45, 2.75) is 45.7 Å². The van der Waals surface area contributed by atoms with E-state index < -0.39 is 0 Å². The van der Waals surface area contributed by atoms with Gasteiger partial charge in [0.05, 0.1) is 6.33 Å². The minimum absolute atomic E-state index is 0.291. The first kappa shape index (κ1) is 20.1. The number of aromatic nitrogens is 4. The van der Waals surface area contributed by atoms with E-state index in [0.717, 1.165) is 30.4 Å². The van der Waals surface area contributed by atoms with Crippen LogP contribution < -0.4 is 16.6 Å². The van der Waals surface area contributed by atoms with Gasteiger partial charge in [-0.1, -0.05) is 29.8 Å². The molecule has 0 saturated heterocycles. The minimum Gasteiger partial charge on any atom is -0.325 e. The number of hydrogen-bond donors (Lipinski definition) is 1. The molecule has 1 N–H and O–H groups in total. The molecule has 0 saturated carbocycles. The second-order valence-electron chi connectivity index (χ2n) is 7.57. The van der Waals surface area contributed by atoms with Gasteiger partial charge in [-0.15, -0.1) is 0 Å². The quantitative estimate of drug-likeness (QED) is 0.602. The third kappa shape index (κ3) is 4.25. The fraction of sp³-hybridized carbons (Fsp3) is 0.476. The number of unbranched alkanes of at least 4 members (excludes halogenated alkanes) is 1. The van der Waals surface area contributed by atoms with E-state index in [1.165, 1.54) is 22.7 Å². The molecule has 0 bridgehead atoms. The van der Waals surface area contributed by atoms with E-state index in [4.69, 9.17) is 0 Å². The van der Waals surface area contributed by atoms with E-state index in [1.807, 2.05) is 4.57 Å². The SMILES string of the molecule is Cc1ccc(CC(C)NCCCCn2cnc3c2c(=O)n(C)c(=O)n3C)cc1. The van der Waals surface area contributed by atoms with Crippen LogP contribution in [0.2, 0.25) is 0 Å². The topological polar surface area (TPSA) is 73.8 Å². The zero-order valence-electron chi connectivity index (χ0n) is 17.1. The van der Waals surface area contributed by atoms with E-state index in [0.29, 0.717) is 23.8 Å². The van der Waals surface area contributed by atoms with Gasteiger partial charge < -0.3 is 9.88 Å². The fourth-order valence-electron chi connectivity index (χ4n) is 3.47. The Balaban J connectivity index is 1.51. The van der Waals surface area contributed by atoms with Crippen LogP contribution >= 0.6 is 0 Å². The molecule has 3 rings (SSSR count). The second-order valence-corrected chi connectivity index (χ2v) is 7.57. The van der Waals surface area contributed by atoms with Crippen LogP contribution in [0.3, 0.4) is 0 Å². The van der Waals surface area contributed by atoms with Gasteiger partial charge in [-0.2, -0.15) is 0 Å². The van der Waals surface area contributed by atoms with Crippen LogP contribution in [0.25, 0.3) is 11.2 Å². The van der Waals surface area contributed by atoms with Crippen LogP contribution in [-0.4, -0.2) is 31.3 Å². The standard InChI is InChI=1S/C21H29N5O2/c1-15-7-9-17(10-8-15)13-16(2)22-11-5-6-12-26-14-23-19-18(26)20(27)25(4)21(28)24(19)3/h7-10,14,16,22H,5-6,11-13H2,1-4H3. The first-order valence-corrected chi connectivity index (χ1v) is 9.78. The summed E-state index contributed by atoms with van der Waals surface area (Å²) in [6.45, 7) is 5.94. The zero-order chi connectivity index (χ0) is 20.3. The molecule has 0 spiro atoms. The molecule has 2 heterocycles. The summed E-state index contributed by atoms with van der Waals surface area (Å²) in [7, 11) is 3.14. The number of nitrogens with zero attached hydrogens (tertiary/aromatic N) is 4. The van der Waals surface area contributed by atoms with E-state index >= 15 is 0 Å². The van der Waals surface area contributed by atoms with Crippen molar-refractivity contribution in [2.24, 2.45) is 14.1 Å². The fourth-order valence-corrected chi connectivity index (χ4v) is 3.47. The van der Waals surface area contributed by atoms with Crippen LogP contribution in [0.15, 0.2) is 40.2 Å². The average molecular weight is 383 g/mol. The Hall–Kier alpha value is -2.67. The maximum atomic E-state index is 12.4. The molecule has 150 valence electrons. The molecule has 1 unspecified atom stereocenters. The Kier molecular flexibility index (Phi) is 6.14. The van der Waals surface area contributed by atoms with Crippen molar-refractivity contribution in [1.29, 1.82) is 0 Å². The lowest BCUT2D eigenvalue weighted by atomic mass is 10.1. The molecular weight excluding hydrogens is 354 g/mol. The number of benzene rings is 1. The van der Waals surface area contributed by atoms with Crippen molar-refractivity contribution < 1.29 is 0 Å². The summed E-state index contributed by atoms with van der Waals surface area (Å²) < 4.78 is 4.41. The lowest BCUT2D eigenvalue weighted by Gasteiger charge is -2.14. The molecule has 0 amide bonds. The van der Waals surface area contributed by atoms with Gasteiger partial charge in [0.15, 0.2) is 11.2 Å². The number of nitrogens with one attached hydrogen (secondary N) is 1. The van der Waals surface area contributed by atoms with Crippen molar-refractivity contribution in [3.63, 3.8) is 0 Å². The highest BCUT2D eigenvalue weighted by Crippen LogP contribution is 2.08. The predicted octanol–water partition coefficient (Wildman–Crippen LogP) is 1.74. The molecular formula is C21H29N5O2. The monoisotopic (exact) mass is 383 g/mol. The molecule has 0 aliphatic heterocycles. The zero-order valence-corrected chi connectivity index (χ0v) is 17.1. The largest absolute Gasteiger partial charge is 0.332 e. The van der Waals surface area contributed by atoms with Gasteiger partial charge in [-0.05, 0) is 45.2 Å². The van der Waals surface area contributed by atoms with E-state index in [1.54, 1.807) is 13.4 Å². The van der Waals surface area contributed by atoms with Crippen LogP contribution in [0.1, 0.15) is 30.9 Å². The molecule has 0 aliphatic rings. The lowest BCUT2D eigenvalue weighted by molar-refractivity contribution is 0.510. The summed E-state index contributed by atoms with van der Waals surface area (Å²) in [5, 5.41) is 3.56. The number of hydrogen-bond acceptors (Lipinski definition) is 4. The number of aryl methyl sites for hydroxylation is 3. The Morgan fingerprint density at radius 2 is 1.79 bits per heavy atom. The number of imidazole rings is 1. The first-order valence-electron chi connectivity index (χ1n) is 9.78. The van der Waals surface area contributed by atoms with E-state index in [9.17, 15) is 9.59 Å². The van der Waals surface area contributed by atoms with Gasteiger partial charge in [-0.25, -0.2) is 9.78 Å². The second kappa shape index (κ2) is 8.56. The Labute approximate surface area is 164 Å². The maximum absolute atomic E-state index is 12.4. The van der Waals surface area contributed by atoms with Gasteiger partial charge in [0.1, 0.15) is 0 Å². The van der Waals surface area contributed by atoms with Crippen molar-refractivity contribution in [2.75, 3.05) is 6.54 Å². The van der Waals surface area contributed by atoms with Crippen LogP contribution in [0, 0.1) is 6.92 Å². The van der Waals surface area contributed by atoms with Gasteiger partial charge in [0.2, 0.25) is 0 Å². The molecule has 0 radical (unpaired) electrons. The Bertz CT molecular complexity index is 1060. The van der Waals surface area contributed by atoms with Crippen molar-refractivity contribution in [3.05, 3.63) is 62.6 Å². The van der Waals surface area contributed by atoms with Crippen molar-refractivity contribution in [3.8, 4) is 0 Å². The van der Waals surface area contributed by atoms with E-state index in [2.05, 4.69) is 48.4 Å². The molecule has 2 aromatic heterocycles. The normalized spacial score (nSPS) is 12.6. The molecule has 0 aliphatic carbocycles. The van der Waals surface area contributed by atoms with Crippen molar-refractivity contribution >= 4 is 11.2 Å². The molecule has 7 nitrogen and oxygen atoms in total. The number of rotatable bonds is 8. The summed E-state index contributed by atoms with van der Waals surface area (Å²) >= 11 is 0. The number of fused-ring (bicyclic) bond motifs is 1. The third-order valence-electron chi connectivity index (χ3n) is 5.20. The Morgan fingerprint density at radius 1 is 1.07 bits per heavy atom. The third-order valence-corrected chi connectivity index (χ3v) is 5.20. The van der Waals surface area contributed by atoms with Gasteiger partial charge in [0.25, 0.3) is 5.56 Å². The molecule has 0 fully saturated rings. The van der Waals surface area contributed by atoms with Crippen LogP contribution in [-0.2, 0) is 27.1 Å². The molecule has 1 aromatic carbocycles. The lowest BCUT2D eigenvalue weighted by Crippen LogP contribution is -2.37. The van der Waals surface area contributed by atoms with Crippen LogP contribution in [0.5, 0.6) is 0 Å². The maximum Gasteiger partial charge on any atom is 0.332 e. The van der Waals surface area contributed by atoms with Crippen LogP contribution in [0.4, 0.5) is 0 Å². The summed E-state index contributed by atoms with van der Waals surface area (Å²) in [5.41, 5.74) is 2.92. The van der Waals surface area contributed by atoms with Crippen molar-refractivity contribution in [1.82, 2.24) is 24.0 Å². The highest BCUT2D eigenvalue weighted by atomic mass is 16.2. The highest BCUT2D eigenvalue weighted by molar-refractivity contribution is 5.69. The predicted molar refractivity (Wildman–Crippen MR) is 112 cm³/mol.